The van der Waals surface area contributed by atoms with Crippen LogP contribution in [0.2, 0.25) is 0 Å². The van der Waals surface area contributed by atoms with Crippen molar-refractivity contribution in [3.8, 4) is 0 Å². The van der Waals surface area contributed by atoms with E-state index in [-0.39, 0.29) is 11.5 Å². The Morgan fingerprint density at radius 1 is 1.07 bits per heavy atom. The van der Waals surface area contributed by atoms with Gasteiger partial charge >= 0.3 is 0 Å². The highest BCUT2D eigenvalue weighted by Gasteiger charge is 2.06. The van der Waals surface area contributed by atoms with Gasteiger partial charge in [-0.1, -0.05) is 20.3 Å². The fraction of sp³-hybridized carbons (Fsp3) is 1.00. The summed E-state index contributed by atoms with van der Waals surface area (Å²) in [5, 5.41) is 0. The summed E-state index contributed by atoms with van der Waals surface area (Å²) >= 11 is 0. The van der Waals surface area contributed by atoms with Gasteiger partial charge in [0.05, 0.1) is 5.75 Å². The summed E-state index contributed by atoms with van der Waals surface area (Å²) in [5.74, 6) is 1.92. The first-order chi connectivity index (χ1) is 6.52. The third kappa shape index (κ3) is 7.50. The van der Waals surface area contributed by atoms with Crippen LogP contribution < -0.4 is 0 Å². The van der Waals surface area contributed by atoms with Gasteiger partial charge < -0.3 is 0 Å². The van der Waals surface area contributed by atoms with Gasteiger partial charge in [-0.2, -0.15) is 0 Å². The van der Waals surface area contributed by atoms with Gasteiger partial charge in [-0.15, -0.1) is 0 Å². The molecule has 0 saturated heterocycles. The Balaban J connectivity index is 3.44. The maximum Gasteiger partial charge on any atom is 0.150 e. The van der Waals surface area contributed by atoms with E-state index in [0.717, 1.165) is 12.8 Å². The Kier molecular flexibility index (Phi) is 7.45. The van der Waals surface area contributed by atoms with Gasteiger partial charge in [-0.05, 0) is 12.8 Å². The van der Waals surface area contributed by atoms with E-state index in [4.69, 9.17) is 0 Å². The van der Waals surface area contributed by atoms with E-state index >= 15 is 0 Å². The molecule has 0 bridgehead atoms. The summed E-state index contributed by atoms with van der Waals surface area (Å²) in [4.78, 5) is 0. The molecule has 3 nitrogen and oxygen atoms in total. The molecule has 0 amide bonds. The number of unbranched alkanes of at least 4 members (excludes halogenated alkanes) is 2. The second-order valence-corrected chi connectivity index (χ2v) is 7.57. The molecule has 1 unspecified atom stereocenters. The average molecular weight is 240 g/mol. The van der Waals surface area contributed by atoms with E-state index in [1.54, 1.807) is 6.92 Å². The molecule has 0 aliphatic carbocycles. The van der Waals surface area contributed by atoms with Crippen molar-refractivity contribution in [2.45, 2.75) is 33.1 Å². The molecule has 1 atom stereocenters. The van der Waals surface area contributed by atoms with Crippen LogP contribution in [0, 0.1) is 0 Å². The number of hydrogen-bond acceptors (Lipinski definition) is 3. The van der Waals surface area contributed by atoms with E-state index in [1.807, 2.05) is 6.92 Å². The van der Waals surface area contributed by atoms with Crippen LogP contribution in [-0.4, -0.2) is 35.6 Å². The molecular formula is C9H20O3S2. The summed E-state index contributed by atoms with van der Waals surface area (Å²) in [6, 6.07) is 0. The van der Waals surface area contributed by atoms with Gasteiger partial charge in [-0.25, -0.2) is 8.42 Å². The predicted molar refractivity (Wildman–Crippen MR) is 61.7 cm³/mol. The molecule has 14 heavy (non-hydrogen) atoms. The first-order valence-electron chi connectivity index (χ1n) is 5.07. The van der Waals surface area contributed by atoms with Crippen molar-refractivity contribution in [2.75, 3.05) is 23.0 Å². The third-order valence-electron chi connectivity index (χ3n) is 2.09. The maximum absolute atomic E-state index is 11.1. The van der Waals surface area contributed by atoms with Gasteiger partial charge in [0.15, 0.2) is 0 Å². The van der Waals surface area contributed by atoms with E-state index in [9.17, 15) is 12.6 Å². The van der Waals surface area contributed by atoms with Crippen LogP contribution in [0.5, 0.6) is 0 Å². The Labute approximate surface area is 89.7 Å². The predicted octanol–water partition coefficient (Wildman–Crippen LogP) is 1.36. The molecule has 0 fully saturated rings. The van der Waals surface area contributed by atoms with Gasteiger partial charge in [0.25, 0.3) is 0 Å². The lowest BCUT2D eigenvalue weighted by Gasteiger charge is -2.01. The fourth-order valence-electron chi connectivity index (χ4n) is 1.05. The SMILES string of the molecule is CCS(=O)CCCCCS(=O)(=O)CC. The van der Waals surface area contributed by atoms with Crippen LogP contribution in [0.1, 0.15) is 33.1 Å². The van der Waals surface area contributed by atoms with E-state index in [1.165, 1.54) is 0 Å². The zero-order valence-corrected chi connectivity index (χ0v) is 10.6. The van der Waals surface area contributed by atoms with Gasteiger partial charge in [0.2, 0.25) is 0 Å². The van der Waals surface area contributed by atoms with Crippen molar-refractivity contribution in [1.82, 2.24) is 0 Å². The molecule has 0 aromatic rings. The Bertz CT molecular complexity index is 257. The van der Waals surface area contributed by atoms with Crippen LogP contribution in [0.3, 0.4) is 0 Å². The highest BCUT2D eigenvalue weighted by Crippen LogP contribution is 2.01. The lowest BCUT2D eigenvalue weighted by atomic mass is 10.3. The van der Waals surface area contributed by atoms with Gasteiger partial charge in [0, 0.05) is 28.1 Å². The topological polar surface area (TPSA) is 51.2 Å². The van der Waals surface area contributed by atoms with Crippen LogP contribution in [0.15, 0.2) is 0 Å². The molecule has 86 valence electrons. The summed E-state index contributed by atoms with van der Waals surface area (Å²) in [6.07, 6.45) is 2.45. The Morgan fingerprint density at radius 2 is 1.71 bits per heavy atom. The molecular weight excluding hydrogens is 220 g/mol. The van der Waals surface area contributed by atoms with Crippen LogP contribution >= 0.6 is 0 Å². The van der Waals surface area contributed by atoms with Crippen molar-refractivity contribution in [3.63, 3.8) is 0 Å². The lowest BCUT2D eigenvalue weighted by Crippen LogP contribution is -2.09. The lowest BCUT2D eigenvalue weighted by molar-refractivity contribution is 0.592. The molecule has 0 aliphatic rings. The first-order valence-corrected chi connectivity index (χ1v) is 8.38. The zero-order valence-electron chi connectivity index (χ0n) is 8.99. The van der Waals surface area contributed by atoms with Crippen molar-refractivity contribution >= 4 is 20.6 Å². The molecule has 0 N–H and O–H groups in total. The second kappa shape index (κ2) is 7.40. The first kappa shape index (κ1) is 14.1. The molecule has 5 heteroatoms. The third-order valence-corrected chi connectivity index (χ3v) is 5.27. The van der Waals surface area contributed by atoms with Crippen molar-refractivity contribution < 1.29 is 12.6 Å². The average Bonchev–Trinajstić information content (AvgIpc) is 2.17. The van der Waals surface area contributed by atoms with Crippen LogP contribution in [-0.2, 0) is 20.6 Å². The molecule has 0 rings (SSSR count). The summed E-state index contributed by atoms with van der Waals surface area (Å²) in [7, 11) is -3.50. The molecule has 0 aromatic carbocycles. The second-order valence-electron chi connectivity index (χ2n) is 3.23. The fourth-order valence-corrected chi connectivity index (χ4v) is 2.80. The smallest absolute Gasteiger partial charge is 0.150 e. The summed E-state index contributed by atoms with van der Waals surface area (Å²) in [6.45, 7) is 3.57. The minimum Gasteiger partial charge on any atom is -0.260 e. The quantitative estimate of drug-likeness (QED) is 0.602. The highest BCUT2D eigenvalue weighted by molar-refractivity contribution is 7.91. The highest BCUT2D eigenvalue weighted by atomic mass is 32.2. The van der Waals surface area contributed by atoms with Crippen LogP contribution in [0.25, 0.3) is 0 Å². The normalized spacial score (nSPS) is 14.1. The maximum atomic E-state index is 11.1. The van der Waals surface area contributed by atoms with E-state index in [2.05, 4.69) is 0 Å². The number of rotatable bonds is 8. The Morgan fingerprint density at radius 3 is 2.21 bits per heavy atom. The molecule has 0 aromatic heterocycles. The van der Waals surface area contributed by atoms with Gasteiger partial charge in [0.1, 0.15) is 9.84 Å². The molecule has 0 spiro atoms. The van der Waals surface area contributed by atoms with Gasteiger partial charge in [-0.3, -0.25) is 4.21 Å². The number of sulfone groups is 1. The van der Waals surface area contributed by atoms with Crippen molar-refractivity contribution in [1.29, 1.82) is 0 Å². The molecule has 0 aliphatic heterocycles. The number of hydrogen-bond donors (Lipinski definition) is 0. The van der Waals surface area contributed by atoms with Crippen molar-refractivity contribution in [2.24, 2.45) is 0 Å². The van der Waals surface area contributed by atoms with E-state index in [0.29, 0.717) is 17.9 Å². The largest absolute Gasteiger partial charge is 0.260 e. The van der Waals surface area contributed by atoms with Crippen molar-refractivity contribution in [3.05, 3.63) is 0 Å². The minimum absolute atomic E-state index is 0.230. The van der Waals surface area contributed by atoms with E-state index < -0.39 is 20.6 Å². The summed E-state index contributed by atoms with van der Waals surface area (Å²) < 4.78 is 33.2. The molecule has 0 radical (unpaired) electrons. The zero-order chi connectivity index (χ0) is 11.0. The monoisotopic (exact) mass is 240 g/mol. The standard InChI is InChI=1S/C9H20O3S2/c1-3-13(10)8-6-5-7-9-14(11,12)4-2/h3-9H2,1-2H3. The summed E-state index contributed by atoms with van der Waals surface area (Å²) in [5.41, 5.74) is 0. The van der Waals surface area contributed by atoms with Crippen LogP contribution in [0.4, 0.5) is 0 Å². The Hall–Kier alpha value is 0.1000. The molecule has 0 heterocycles. The molecule has 0 saturated carbocycles. The minimum atomic E-state index is -2.80.